The van der Waals surface area contributed by atoms with Crippen molar-refractivity contribution in [3.05, 3.63) is 36.7 Å². The van der Waals surface area contributed by atoms with Gasteiger partial charge in [0.2, 0.25) is 0 Å². The second-order valence-electron chi connectivity index (χ2n) is 1.62. The van der Waals surface area contributed by atoms with E-state index >= 15 is 0 Å². The molecule has 2 heteroatoms. The standard InChI is InChI=1S/C7H7NO/c9-7-3-1-2-5-8-6-4-7/h1-6,8H/b3-1-,5-2-,6-4?. The minimum atomic E-state index is 0.00634. The zero-order valence-corrected chi connectivity index (χ0v) is 4.87. The molecule has 1 heterocycles. The molecule has 0 atom stereocenters. The van der Waals surface area contributed by atoms with Gasteiger partial charge in [0.15, 0.2) is 5.78 Å². The van der Waals surface area contributed by atoms with Gasteiger partial charge < -0.3 is 5.32 Å². The average Bonchev–Trinajstić information content (AvgIpc) is 1.79. The van der Waals surface area contributed by atoms with Crippen molar-refractivity contribution >= 4 is 5.78 Å². The van der Waals surface area contributed by atoms with Crippen LogP contribution in [0.15, 0.2) is 36.7 Å². The van der Waals surface area contributed by atoms with Gasteiger partial charge in [-0.15, -0.1) is 0 Å². The minimum absolute atomic E-state index is 0.00634. The highest BCUT2D eigenvalue weighted by atomic mass is 16.1. The van der Waals surface area contributed by atoms with Crippen molar-refractivity contribution < 1.29 is 4.79 Å². The Bertz CT molecular complexity index is 189. The number of carbonyl (C=O) groups excluding carboxylic acids is 1. The van der Waals surface area contributed by atoms with Crippen LogP contribution in [0.25, 0.3) is 0 Å². The second-order valence-corrected chi connectivity index (χ2v) is 1.62. The Labute approximate surface area is 53.6 Å². The molecule has 0 amide bonds. The van der Waals surface area contributed by atoms with E-state index in [1.807, 2.05) is 0 Å². The SMILES string of the molecule is O=C1C=CN/C=C\C=C/1. The van der Waals surface area contributed by atoms with Gasteiger partial charge in [-0.2, -0.15) is 0 Å². The van der Waals surface area contributed by atoms with Crippen molar-refractivity contribution in [2.24, 2.45) is 0 Å². The van der Waals surface area contributed by atoms with Crippen molar-refractivity contribution in [1.82, 2.24) is 5.32 Å². The normalized spacial score (nSPS) is 23.8. The molecule has 0 unspecified atom stereocenters. The van der Waals surface area contributed by atoms with Crippen molar-refractivity contribution in [2.75, 3.05) is 0 Å². The van der Waals surface area contributed by atoms with Gasteiger partial charge in [-0.3, -0.25) is 4.79 Å². The molecule has 0 aromatic rings. The van der Waals surface area contributed by atoms with Crippen LogP contribution in [-0.4, -0.2) is 5.78 Å². The van der Waals surface area contributed by atoms with E-state index in [2.05, 4.69) is 5.32 Å². The predicted molar refractivity (Wildman–Crippen MR) is 35.6 cm³/mol. The van der Waals surface area contributed by atoms with E-state index in [0.29, 0.717) is 0 Å². The lowest BCUT2D eigenvalue weighted by atomic mass is 10.3. The van der Waals surface area contributed by atoms with Crippen LogP contribution in [-0.2, 0) is 4.79 Å². The van der Waals surface area contributed by atoms with E-state index in [1.165, 1.54) is 12.2 Å². The number of rotatable bonds is 0. The van der Waals surface area contributed by atoms with Gasteiger partial charge in [0.25, 0.3) is 0 Å². The fourth-order valence-corrected chi connectivity index (χ4v) is 0.503. The summed E-state index contributed by atoms with van der Waals surface area (Å²) < 4.78 is 0. The Hall–Kier alpha value is -1.31. The minimum Gasteiger partial charge on any atom is -0.367 e. The summed E-state index contributed by atoms with van der Waals surface area (Å²) in [5, 5.41) is 2.78. The fourth-order valence-electron chi connectivity index (χ4n) is 0.503. The molecule has 0 saturated carbocycles. The molecule has 0 bridgehead atoms. The van der Waals surface area contributed by atoms with Crippen molar-refractivity contribution in [3.63, 3.8) is 0 Å². The summed E-state index contributed by atoms with van der Waals surface area (Å²) in [7, 11) is 0. The first-order valence-electron chi connectivity index (χ1n) is 2.69. The maximum absolute atomic E-state index is 10.6. The van der Waals surface area contributed by atoms with Crippen LogP contribution >= 0.6 is 0 Å². The maximum atomic E-state index is 10.6. The Morgan fingerprint density at radius 1 is 1.11 bits per heavy atom. The third kappa shape index (κ3) is 1.95. The van der Waals surface area contributed by atoms with Crippen molar-refractivity contribution in [2.45, 2.75) is 0 Å². The maximum Gasteiger partial charge on any atom is 0.180 e. The molecule has 1 aliphatic heterocycles. The largest absolute Gasteiger partial charge is 0.367 e. The number of nitrogens with one attached hydrogen (secondary N) is 1. The highest BCUT2D eigenvalue weighted by molar-refractivity contribution is 5.99. The third-order valence-electron chi connectivity index (χ3n) is 0.908. The molecule has 0 fully saturated rings. The predicted octanol–water partition coefficient (Wildman–Crippen LogP) is 0.742. The monoisotopic (exact) mass is 121 g/mol. The van der Waals surface area contributed by atoms with Crippen LogP contribution in [0.4, 0.5) is 0 Å². The van der Waals surface area contributed by atoms with Crippen LogP contribution in [0.5, 0.6) is 0 Å². The molecule has 1 aliphatic rings. The topological polar surface area (TPSA) is 29.1 Å². The summed E-state index contributed by atoms with van der Waals surface area (Å²) in [6.07, 6.45) is 9.79. The Morgan fingerprint density at radius 3 is 2.89 bits per heavy atom. The first-order valence-corrected chi connectivity index (χ1v) is 2.69. The molecule has 9 heavy (non-hydrogen) atoms. The summed E-state index contributed by atoms with van der Waals surface area (Å²) in [6.45, 7) is 0. The molecular weight excluding hydrogens is 114 g/mol. The van der Waals surface area contributed by atoms with E-state index < -0.39 is 0 Å². The summed E-state index contributed by atoms with van der Waals surface area (Å²) >= 11 is 0. The summed E-state index contributed by atoms with van der Waals surface area (Å²) in [4.78, 5) is 10.6. The highest BCUT2D eigenvalue weighted by Gasteiger charge is 1.85. The van der Waals surface area contributed by atoms with Crippen LogP contribution < -0.4 is 5.32 Å². The molecule has 0 saturated heterocycles. The first kappa shape index (κ1) is 5.82. The fraction of sp³-hybridized carbons (Fsp3) is 0. The van der Waals surface area contributed by atoms with Crippen LogP contribution in [0, 0.1) is 0 Å². The molecule has 0 aromatic carbocycles. The van der Waals surface area contributed by atoms with E-state index in [1.54, 1.807) is 24.6 Å². The average molecular weight is 121 g/mol. The van der Waals surface area contributed by atoms with Crippen LogP contribution in [0.1, 0.15) is 0 Å². The first-order chi connectivity index (χ1) is 4.39. The molecule has 0 aromatic heterocycles. The molecule has 0 spiro atoms. The zero-order valence-electron chi connectivity index (χ0n) is 4.87. The summed E-state index contributed by atoms with van der Waals surface area (Å²) in [6, 6.07) is 0. The highest BCUT2D eigenvalue weighted by Crippen LogP contribution is 1.84. The molecule has 1 N–H and O–H groups in total. The molecule has 2 nitrogen and oxygen atoms in total. The third-order valence-corrected chi connectivity index (χ3v) is 0.908. The Kier molecular flexibility index (Phi) is 1.85. The number of hydrogen-bond donors (Lipinski definition) is 1. The Balaban J connectivity index is 2.72. The van der Waals surface area contributed by atoms with Crippen molar-refractivity contribution in [3.8, 4) is 0 Å². The van der Waals surface area contributed by atoms with E-state index in [0.717, 1.165) is 0 Å². The molecule has 46 valence electrons. The van der Waals surface area contributed by atoms with E-state index in [9.17, 15) is 4.79 Å². The van der Waals surface area contributed by atoms with Crippen LogP contribution in [0.2, 0.25) is 0 Å². The van der Waals surface area contributed by atoms with Crippen LogP contribution in [0.3, 0.4) is 0 Å². The van der Waals surface area contributed by atoms with Gasteiger partial charge in [-0.1, -0.05) is 6.08 Å². The van der Waals surface area contributed by atoms with Gasteiger partial charge in [0.1, 0.15) is 0 Å². The van der Waals surface area contributed by atoms with Crippen molar-refractivity contribution in [1.29, 1.82) is 0 Å². The second kappa shape index (κ2) is 2.87. The lowest BCUT2D eigenvalue weighted by Gasteiger charge is -1.89. The zero-order chi connectivity index (χ0) is 6.53. The Morgan fingerprint density at radius 2 is 2.00 bits per heavy atom. The number of carbonyl (C=O) groups is 1. The quantitative estimate of drug-likeness (QED) is 0.512. The van der Waals surface area contributed by atoms with E-state index in [-0.39, 0.29) is 5.78 Å². The molecule has 1 rings (SSSR count). The van der Waals surface area contributed by atoms with Gasteiger partial charge in [-0.25, -0.2) is 0 Å². The lowest BCUT2D eigenvalue weighted by molar-refractivity contribution is -0.110. The molecule has 0 aliphatic carbocycles. The number of allylic oxidation sites excluding steroid dienone is 4. The summed E-state index contributed by atoms with van der Waals surface area (Å²) in [5.41, 5.74) is 0. The van der Waals surface area contributed by atoms with Gasteiger partial charge >= 0.3 is 0 Å². The lowest BCUT2D eigenvalue weighted by Crippen LogP contribution is -1.96. The van der Waals surface area contributed by atoms with E-state index in [4.69, 9.17) is 0 Å². The smallest absolute Gasteiger partial charge is 0.180 e. The number of ketones is 1. The van der Waals surface area contributed by atoms with Gasteiger partial charge in [0, 0.05) is 18.5 Å². The van der Waals surface area contributed by atoms with Gasteiger partial charge in [-0.05, 0) is 12.2 Å². The number of hydrogen-bond acceptors (Lipinski definition) is 2. The van der Waals surface area contributed by atoms with Gasteiger partial charge in [0.05, 0.1) is 0 Å². The molecular formula is C7H7NO. The summed E-state index contributed by atoms with van der Waals surface area (Å²) in [5.74, 6) is 0.00634. The molecule has 0 radical (unpaired) electrons.